The topological polar surface area (TPSA) is 67.8 Å². The van der Waals surface area contributed by atoms with Crippen molar-refractivity contribution < 1.29 is 13.2 Å². The van der Waals surface area contributed by atoms with Crippen LogP contribution in [0.4, 0.5) is 5.69 Å². The third-order valence-electron chi connectivity index (χ3n) is 1.88. The van der Waals surface area contributed by atoms with Crippen LogP contribution in [0.1, 0.15) is 0 Å². The fourth-order valence-electron chi connectivity index (χ4n) is 1.18. The number of benzene rings is 1. The van der Waals surface area contributed by atoms with Gasteiger partial charge in [0.05, 0.1) is 12.8 Å². The summed E-state index contributed by atoms with van der Waals surface area (Å²) < 4.78 is 31.2. The summed E-state index contributed by atoms with van der Waals surface area (Å²) in [6, 6.07) is 4.76. The van der Waals surface area contributed by atoms with Crippen molar-refractivity contribution in [2.45, 2.75) is 4.90 Å². The van der Waals surface area contributed by atoms with Crippen molar-refractivity contribution in [1.29, 1.82) is 0 Å². The molecule has 1 N–H and O–H groups in total. The first-order chi connectivity index (χ1) is 6.63. The Hall–Kier alpha value is -1.56. The number of ether oxygens (including phenoxy) is 1. The third kappa shape index (κ3) is 1.33. The highest BCUT2D eigenvalue weighted by atomic mass is 32.2. The predicted octanol–water partition coefficient (Wildman–Crippen LogP) is 0.838. The molecule has 0 atom stereocenters. The number of anilines is 1. The van der Waals surface area contributed by atoms with Crippen molar-refractivity contribution in [3.05, 3.63) is 18.2 Å². The fourth-order valence-corrected chi connectivity index (χ4v) is 2.16. The van der Waals surface area contributed by atoms with Crippen molar-refractivity contribution >= 4 is 22.0 Å². The van der Waals surface area contributed by atoms with Crippen molar-refractivity contribution in [2.75, 3.05) is 12.4 Å². The molecular weight excluding hydrogens is 204 g/mol. The van der Waals surface area contributed by atoms with Crippen LogP contribution in [0.25, 0.3) is 0 Å². The molecule has 74 valence electrons. The Labute approximate surface area is 81.5 Å². The van der Waals surface area contributed by atoms with Gasteiger partial charge in [-0.05, 0) is 12.1 Å². The molecule has 0 fully saturated rings. The summed E-state index contributed by atoms with van der Waals surface area (Å²) >= 11 is 0. The normalized spacial score (nSPS) is 16.9. The van der Waals surface area contributed by atoms with Gasteiger partial charge in [-0.1, -0.05) is 0 Å². The lowest BCUT2D eigenvalue weighted by atomic mass is 10.3. The zero-order valence-electron chi connectivity index (χ0n) is 7.39. The second-order valence-corrected chi connectivity index (χ2v) is 4.32. The smallest absolute Gasteiger partial charge is 0.285 e. The Kier molecular flexibility index (Phi) is 1.92. The number of methoxy groups -OCH3 is 1. The second kappa shape index (κ2) is 2.98. The average molecular weight is 212 g/mol. The molecule has 0 aromatic heterocycles. The number of fused-ring (bicyclic) bond motifs is 1. The largest absolute Gasteiger partial charge is 0.497 e. The van der Waals surface area contributed by atoms with Gasteiger partial charge in [-0.25, -0.2) is 0 Å². The number of nitrogens with one attached hydrogen (secondary N) is 1. The molecule has 0 aliphatic carbocycles. The average Bonchev–Trinajstić information content (AvgIpc) is 2.17. The monoisotopic (exact) mass is 212 g/mol. The molecule has 1 aliphatic heterocycles. The lowest BCUT2D eigenvalue weighted by molar-refractivity contribution is 0.413. The molecule has 0 amide bonds. The van der Waals surface area contributed by atoms with Gasteiger partial charge in [-0.2, -0.15) is 8.42 Å². The predicted molar refractivity (Wildman–Crippen MR) is 52.3 cm³/mol. The van der Waals surface area contributed by atoms with Gasteiger partial charge in [0.1, 0.15) is 17.0 Å². The molecule has 1 aromatic rings. The molecule has 0 saturated carbocycles. The number of nitrogens with zero attached hydrogens (tertiary/aromatic N) is 1. The fraction of sp³-hybridized carbons (Fsp3) is 0.125. The summed E-state index contributed by atoms with van der Waals surface area (Å²) in [7, 11) is -2.07. The first-order valence-corrected chi connectivity index (χ1v) is 5.31. The first-order valence-electron chi connectivity index (χ1n) is 3.87. The molecule has 1 aromatic carbocycles. The van der Waals surface area contributed by atoms with Crippen molar-refractivity contribution in [1.82, 2.24) is 0 Å². The summed E-state index contributed by atoms with van der Waals surface area (Å²) in [6.45, 7) is 0. The van der Waals surface area contributed by atoms with Gasteiger partial charge in [0.15, 0.2) is 0 Å². The minimum atomic E-state index is -3.55. The molecular formula is C8H8N2O3S. The molecule has 0 spiro atoms. The summed E-state index contributed by atoms with van der Waals surface area (Å²) in [5.41, 5.74) is 0.515. The highest BCUT2D eigenvalue weighted by Crippen LogP contribution is 2.29. The minimum Gasteiger partial charge on any atom is -0.497 e. The molecule has 6 heteroatoms. The quantitative estimate of drug-likeness (QED) is 0.749. The maximum atomic E-state index is 11.4. The van der Waals surface area contributed by atoms with Gasteiger partial charge in [-0.3, -0.25) is 0 Å². The van der Waals surface area contributed by atoms with E-state index in [1.807, 2.05) is 0 Å². The van der Waals surface area contributed by atoms with Gasteiger partial charge in [0, 0.05) is 6.07 Å². The molecule has 14 heavy (non-hydrogen) atoms. The van der Waals surface area contributed by atoms with E-state index in [0.717, 1.165) is 6.34 Å². The van der Waals surface area contributed by atoms with Crippen LogP contribution in [0, 0.1) is 0 Å². The van der Waals surface area contributed by atoms with Crippen molar-refractivity contribution in [3.63, 3.8) is 0 Å². The van der Waals surface area contributed by atoms with Crippen LogP contribution < -0.4 is 10.1 Å². The van der Waals surface area contributed by atoms with E-state index in [1.54, 1.807) is 12.1 Å². The van der Waals surface area contributed by atoms with Crippen LogP contribution in [-0.2, 0) is 10.0 Å². The summed E-state index contributed by atoms with van der Waals surface area (Å²) in [5, 5.41) is 2.74. The number of sulfonamides is 1. The minimum absolute atomic E-state index is 0.138. The van der Waals surface area contributed by atoms with Gasteiger partial charge in [0.2, 0.25) is 0 Å². The van der Waals surface area contributed by atoms with E-state index in [4.69, 9.17) is 4.74 Å². The lowest BCUT2D eigenvalue weighted by Gasteiger charge is -2.12. The standard InChI is InChI=1S/C8H8N2O3S/c1-13-6-2-3-7-8(4-6)14(11,12)10-5-9-7/h2-5H,1H3,(H,9,10). The number of hydrogen-bond donors (Lipinski definition) is 1. The van der Waals surface area contributed by atoms with E-state index < -0.39 is 10.0 Å². The Balaban J connectivity index is 2.65. The maximum absolute atomic E-state index is 11.4. The summed E-state index contributed by atoms with van der Waals surface area (Å²) in [4.78, 5) is 0.138. The maximum Gasteiger partial charge on any atom is 0.285 e. The molecule has 2 rings (SSSR count). The van der Waals surface area contributed by atoms with Crippen molar-refractivity contribution in [3.8, 4) is 5.75 Å². The van der Waals surface area contributed by atoms with Crippen LogP contribution in [-0.4, -0.2) is 21.9 Å². The zero-order valence-corrected chi connectivity index (χ0v) is 8.21. The molecule has 0 unspecified atom stereocenters. The van der Waals surface area contributed by atoms with Gasteiger partial charge >= 0.3 is 0 Å². The van der Waals surface area contributed by atoms with Crippen LogP contribution in [0.3, 0.4) is 0 Å². The molecule has 5 nitrogen and oxygen atoms in total. The van der Waals surface area contributed by atoms with Gasteiger partial charge < -0.3 is 10.1 Å². The molecule has 1 heterocycles. The van der Waals surface area contributed by atoms with Crippen LogP contribution in [0.5, 0.6) is 5.75 Å². The van der Waals surface area contributed by atoms with E-state index in [1.165, 1.54) is 13.2 Å². The SMILES string of the molecule is COc1ccc2c(c1)S(=O)(=O)N=CN2. The van der Waals surface area contributed by atoms with E-state index >= 15 is 0 Å². The number of hydrogen-bond acceptors (Lipinski definition) is 4. The van der Waals surface area contributed by atoms with Crippen LogP contribution in [0.2, 0.25) is 0 Å². The van der Waals surface area contributed by atoms with Gasteiger partial charge in [-0.15, -0.1) is 4.40 Å². The Morgan fingerprint density at radius 1 is 1.43 bits per heavy atom. The van der Waals surface area contributed by atoms with E-state index in [9.17, 15) is 8.42 Å². The van der Waals surface area contributed by atoms with E-state index in [0.29, 0.717) is 11.4 Å². The highest BCUT2D eigenvalue weighted by Gasteiger charge is 2.20. The lowest BCUT2D eigenvalue weighted by Crippen LogP contribution is -2.11. The zero-order chi connectivity index (χ0) is 10.2. The molecule has 0 bridgehead atoms. The first kappa shape index (κ1) is 9.01. The Morgan fingerprint density at radius 2 is 2.21 bits per heavy atom. The van der Waals surface area contributed by atoms with E-state index in [2.05, 4.69) is 9.71 Å². The second-order valence-electron chi connectivity index (χ2n) is 2.72. The highest BCUT2D eigenvalue weighted by molar-refractivity contribution is 7.90. The Morgan fingerprint density at radius 3 is 2.93 bits per heavy atom. The van der Waals surface area contributed by atoms with Gasteiger partial charge in [0.25, 0.3) is 10.0 Å². The summed E-state index contributed by atoms with van der Waals surface area (Å²) in [6.07, 6.45) is 1.16. The number of rotatable bonds is 1. The van der Waals surface area contributed by atoms with Crippen molar-refractivity contribution in [2.24, 2.45) is 4.40 Å². The Bertz CT molecular complexity index is 493. The molecule has 0 saturated heterocycles. The third-order valence-corrected chi connectivity index (χ3v) is 3.15. The van der Waals surface area contributed by atoms with E-state index in [-0.39, 0.29) is 4.90 Å². The summed E-state index contributed by atoms with van der Waals surface area (Å²) in [5.74, 6) is 0.492. The van der Waals surface area contributed by atoms with Crippen LogP contribution >= 0.6 is 0 Å². The molecule has 0 radical (unpaired) electrons. The molecule has 1 aliphatic rings. The van der Waals surface area contributed by atoms with Crippen LogP contribution in [0.15, 0.2) is 27.5 Å².